The lowest BCUT2D eigenvalue weighted by Gasteiger charge is -2.06. The van der Waals surface area contributed by atoms with Gasteiger partial charge in [-0.1, -0.05) is 52.3 Å². The first-order valence-corrected chi connectivity index (χ1v) is 7.90. The molecule has 102 valence electrons. The van der Waals surface area contributed by atoms with Crippen LogP contribution in [0.15, 0.2) is 51.9 Å². The summed E-state index contributed by atoms with van der Waals surface area (Å²) >= 11 is 3.58. The minimum atomic E-state index is 0.764. The summed E-state index contributed by atoms with van der Waals surface area (Å²) in [6.45, 7) is 2.84. The average Bonchev–Trinajstić information content (AvgIpc) is 2.92. The van der Waals surface area contributed by atoms with Crippen molar-refractivity contribution in [2.75, 3.05) is 0 Å². The van der Waals surface area contributed by atoms with Gasteiger partial charge in [-0.05, 0) is 48.9 Å². The molecule has 3 rings (SSSR count). The third-order valence-electron chi connectivity index (χ3n) is 3.93. The van der Waals surface area contributed by atoms with Crippen LogP contribution in [0.1, 0.15) is 35.6 Å². The predicted molar refractivity (Wildman–Crippen MR) is 88.5 cm³/mol. The molecule has 0 aliphatic heterocycles. The fraction of sp³-hybridized carbons (Fsp3) is 0.278. The zero-order valence-electron chi connectivity index (χ0n) is 11.7. The second-order valence-electron chi connectivity index (χ2n) is 5.34. The van der Waals surface area contributed by atoms with Crippen molar-refractivity contribution in [2.24, 2.45) is 4.99 Å². The fourth-order valence-corrected chi connectivity index (χ4v) is 3.34. The van der Waals surface area contributed by atoms with E-state index in [0.717, 1.165) is 16.7 Å². The van der Waals surface area contributed by atoms with Crippen LogP contribution < -0.4 is 0 Å². The molecule has 1 nitrogen and oxygen atoms in total. The molecule has 2 aromatic rings. The van der Waals surface area contributed by atoms with Crippen LogP contribution >= 0.6 is 15.9 Å². The van der Waals surface area contributed by atoms with E-state index < -0.39 is 0 Å². The maximum absolute atomic E-state index is 4.74. The van der Waals surface area contributed by atoms with Gasteiger partial charge in [-0.3, -0.25) is 4.99 Å². The molecule has 0 radical (unpaired) electrons. The van der Waals surface area contributed by atoms with Crippen molar-refractivity contribution in [3.05, 3.63) is 69.2 Å². The highest BCUT2D eigenvalue weighted by atomic mass is 79.9. The molecule has 20 heavy (non-hydrogen) atoms. The maximum Gasteiger partial charge on any atom is 0.0643 e. The number of fused-ring (bicyclic) bond motifs is 1. The van der Waals surface area contributed by atoms with Gasteiger partial charge in [0.1, 0.15) is 0 Å². The van der Waals surface area contributed by atoms with Gasteiger partial charge in [0, 0.05) is 15.7 Å². The minimum absolute atomic E-state index is 0.764. The van der Waals surface area contributed by atoms with Crippen LogP contribution in [0.4, 0.5) is 0 Å². The van der Waals surface area contributed by atoms with Crippen LogP contribution in [-0.4, -0.2) is 5.71 Å². The molecular weight excluding hydrogens is 310 g/mol. The Labute approximate surface area is 128 Å². The number of hydrogen-bond acceptors (Lipinski definition) is 1. The summed E-state index contributed by atoms with van der Waals surface area (Å²) in [6.07, 6.45) is 3.78. The number of nitrogens with zero attached hydrogens (tertiary/aromatic N) is 1. The Hall–Kier alpha value is -1.41. The molecule has 0 amide bonds. The van der Waals surface area contributed by atoms with Crippen LogP contribution in [0.25, 0.3) is 0 Å². The molecule has 0 heterocycles. The number of aliphatic imine (C=N–C) groups is 1. The SMILES string of the molecule is CC(=NCc1ccc2c(c1)CCC2)c1ccccc1Br. The third-order valence-corrected chi connectivity index (χ3v) is 4.62. The molecule has 0 saturated heterocycles. The van der Waals surface area contributed by atoms with Crippen molar-refractivity contribution < 1.29 is 0 Å². The second kappa shape index (κ2) is 5.92. The van der Waals surface area contributed by atoms with E-state index in [4.69, 9.17) is 4.99 Å². The fourth-order valence-electron chi connectivity index (χ4n) is 2.77. The quantitative estimate of drug-likeness (QED) is 0.707. The van der Waals surface area contributed by atoms with Gasteiger partial charge in [0.15, 0.2) is 0 Å². The Morgan fingerprint density at radius 3 is 2.75 bits per heavy atom. The first kappa shape index (κ1) is 13.6. The zero-order valence-corrected chi connectivity index (χ0v) is 13.3. The Morgan fingerprint density at radius 2 is 1.90 bits per heavy atom. The summed E-state index contributed by atoms with van der Waals surface area (Å²) in [5, 5.41) is 0. The van der Waals surface area contributed by atoms with Gasteiger partial charge in [-0.15, -0.1) is 0 Å². The minimum Gasteiger partial charge on any atom is -0.285 e. The van der Waals surface area contributed by atoms with E-state index in [9.17, 15) is 0 Å². The van der Waals surface area contributed by atoms with E-state index in [1.54, 1.807) is 0 Å². The predicted octanol–water partition coefficient (Wildman–Crippen LogP) is 4.95. The molecule has 0 aromatic heterocycles. The smallest absolute Gasteiger partial charge is 0.0643 e. The van der Waals surface area contributed by atoms with Gasteiger partial charge in [0.05, 0.1) is 6.54 Å². The first-order valence-electron chi connectivity index (χ1n) is 7.10. The molecule has 0 fully saturated rings. The van der Waals surface area contributed by atoms with E-state index in [1.807, 2.05) is 6.07 Å². The first-order chi connectivity index (χ1) is 9.74. The van der Waals surface area contributed by atoms with Crippen molar-refractivity contribution in [3.8, 4) is 0 Å². The van der Waals surface area contributed by atoms with Gasteiger partial charge >= 0.3 is 0 Å². The largest absolute Gasteiger partial charge is 0.285 e. The molecular formula is C18H18BrN. The lowest BCUT2D eigenvalue weighted by Crippen LogP contribution is -1.97. The van der Waals surface area contributed by atoms with Gasteiger partial charge < -0.3 is 0 Å². The van der Waals surface area contributed by atoms with Crippen LogP contribution in [0.2, 0.25) is 0 Å². The number of benzene rings is 2. The normalized spacial score (nSPS) is 14.4. The summed E-state index contributed by atoms with van der Waals surface area (Å²) in [6, 6.07) is 15.1. The lowest BCUT2D eigenvalue weighted by molar-refractivity contribution is 0.911. The van der Waals surface area contributed by atoms with E-state index in [0.29, 0.717) is 0 Å². The highest BCUT2D eigenvalue weighted by molar-refractivity contribution is 9.10. The monoisotopic (exact) mass is 327 g/mol. The molecule has 0 saturated carbocycles. The van der Waals surface area contributed by atoms with Crippen molar-refractivity contribution in [2.45, 2.75) is 32.7 Å². The van der Waals surface area contributed by atoms with Crippen LogP contribution in [0.3, 0.4) is 0 Å². The molecule has 2 aromatic carbocycles. The molecule has 0 unspecified atom stereocenters. The van der Waals surface area contributed by atoms with E-state index in [-0.39, 0.29) is 0 Å². The Bertz CT molecular complexity index is 658. The molecule has 2 heteroatoms. The number of hydrogen-bond donors (Lipinski definition) is 0. The maximum atomic E-state index is 4.74. The standard InChI is InChI=1S/C18H18BrN/c1-13(17-7-2-3-8-18(17)19)20-12-14-9-10-15-5-4-6-16(15)11-14/h2-3,7-11H,4-6,12H2,1H3. The van der Waals surface area contributed by atoms with E-state index >= 15 is 0 Å². The van der Waals surface area contributed by atoms with E-state index in [2.05, 4.69) is 59.3 Å². The van der Waals surface area contributed by atoms with Gasteiger partial charge in [-0.25, -0.2) is 0 Å². The molecule has 0 bridgehead atoms. The lowest BCUT2D eigenvalue weighted by atomic mass is 10.1. The number of aryl methyl sites for hydroxylation is 2. The van der Waals surface area contributed by atoms with Crippen molar-refractivity contribution in [1.82, 2.24) is 0 Å². The molecule has 1 aliphatic carbocycles. The summed E-state index contributed by atoms with van der Waals surface area (Å²) < 4.78 is 1.11. The van der Waals surface area contributed by atoms with Gasteiger partial charge in [-0.2, -0.15) is 0 Å². The Balaban J connectivity index is 1.78. The van der Waals surface area contributed by atoms with Crippen molar-refractivity contribution >= 4 is 21.6 Å². The highest BCUT2D eigenvalue weighted by Crippen LogP contribution is 2.23. The van der Waals surface area contributed by atoms with Crippen molar-refractivity contribution in [3.63, 3.8) is 0 Å². The third kappa shape index (κ3) is 2.85. The van der Waals surface area contributed by atoms with Gasteiger partial charge in [0.2, 0.25) is 0 Å². The molecule has 1 aliphatic rings. The number of rotatable bonds is 3. The Kier molecular flexibility index (Phi) is 4.02. The van der Waals surface area contributed by atoms with Crippen LogP contribution in [-0.2, 0) is 19.4 Å². The highest BCUT2D eigenvalue weighted by Gasteiger charge is 2.10. The van der Waals surface area contributed by atoms with Gasteiger partial charge in [0.25, 0.3) is 0 Å². The topological polar surface area (TPSA) is 12.4 Å². The zero-order chi connectivity index (χ0) is 13.9. The molecule has 0 N–H and O–H groups in total. The molecule has 0 atom stereocenters. The Morgan fingerprint density at radius 1 is 1.10 bits per heavy atom. The summed E-state index contributed by atoms with van der Waals surface area (Å²) in [4.78, 5) is 4.74. The summed E-state index contributed by atoms with van der Waals surface area (Å²) in [7, 11) is 0. The summed E-state index contributed by atoms with van der Waals surface area (Å²) in [5.74, 6) is 0. The average molecular weight is 328 g/mol. The van der Waals surface area contributed by atoms with E-state index in [1.165, 1.54) is 41.5 Å². The van der Waals surface area contributed by atoms with Crippen LogP contribution in [0.5, 0.6) is 0 Å². The summed E-state index contributed by atoms with van der Waals surface area (Å²) in [5.41, 5.74) is 6.63. The molecule has 0 spiro atoms. The second-order valence-corrected chi connectivity index (χ2v) is 6.19. The number of halogens is 1. The van der Waals surface area contributed by atoms with Crippen molar-refractivity contribution in [1.29, 1.82) is 0 Å². The van der Waals surface area contributed by atoms with Crippen LogP contribution in [0, 0.1) is 0 Å².